The predicted molar refractivity (Wildman–Crippen MR) is 75.1 cm³/mol. The Morgan fingerprint density at radius 2 is 1.84 bits per heavy atom. The van der Waals surface area contributed by atoms with Crippen molar-refractivity contribution in [3.05, 3.63) is 11.7 Å². The minimum atomic E-state index is 0.226. The van der Waals surface area contributed by atoms with E-state index in [1.807, 2.05) is 0 Å². The molecule has 1 aliphatic heterocycles. The van der Waals surface area contributed by atoms with Gasteiger partial charge < -0.3 is 9.42 Å². The van der Waals surface area contributed by atoms with Crippen LogP contribution in [0.15, 0.2) is 4.52 Å². The molecule has 0 aliphatic carbocycles. The average Bonchev–Trinajstić information content (AvgIpc) is 2.89. The zero-order chi connectivity index (χ0) is 13.8. The van der Waals surface area contributed by atoms with Gasteiger partial charge in [0, 0.05) is 32.1 Å². The van der Waals surface area contributed by atoms with Gasteiger partial charge in [0.05, 0.1) is 6.04 Å². The van der Waals surface area contributed by atoms with E-state index in [9.17, 15) is 0 Å². The second-order valence-corrected chi connectivity index (χ2v) is 5.70. The molecule has 1 aromatic heterocycles. The third-order valence-corrected chi connectivity index (χ3v) is 3.83. The molecule has 0 aromatic carbocycles. The van der Waals surface area contributed by atoms with Crippen molar-refractivity contribution in [1.29, 1.82) is 0 Å². The Morgan fingerprint density at radius 1 is 1.16 bits per heavy atom. The normalized spacial score (nSPS) is 20.1. The average molecular weight is 266 g/mol. The lowest BCUT2D eigenvalue weighted by molar-refractivity contribution is 0.0884. The molecule has 5 heteroatoms. The van der Waals surface area contributed by atoms with Crippen LogP contribution in [0.25, 0.3) is 0 Å². The van der Waals surface area contributed by atoms with Crippen LogP contribution in [0.5, 0.6) is 0 Å². The fourth-order valence-corrected chi connectivity index (χ4v) is 2.50. The van der Waals surface area contributed by atoms with E-state index in [-0.39, 0.29) is 6.04 Å². The van der Waals surface area contributed by atoms with Crippen molar-refractivity contribution in [2.75, 3.05) is 32.7 Å². The first-order chi connectivity index (χ1) is 9.11. The molecule has 0 bridgehead atoms. The Labute approximate surface area is 116 Å². The van der Waals surface area contributed by atoms with Crippen molar-refractivity contribution in [2.24, 2.45) is 0 Å². The molecular weight excluding hydrogens is 240 g/mol. The minimum Gasteiger partial charge on any atom is -0.338 e. The summed E-state index contributed by atoms with van der Waals surface area (Å²) in [4.78, 5) is 9.47. The number of aromatic nitrogens is 2. The lowest BCUT2D eigenvalue weighted by Crippen LogP contribution is -2.47. The quantitative estimate of drug-likeness (QED) is 0.818. The van der Waals surface area contributed by atoms with Crippen LogP contribution in [0.2, 0.25) is 0 Å². The summed E-state index contributed by atoms with van der Waals surface area (Å²) in [5, 5.41) is 4.05. The van der Waals surface area contributed by atoms with Gasteiger partial charge in [0.1, 0.15) is 0 Å². The van der Waals surface area contributed by atoms with Crippen LogP contribution >= 0.6 is 0 Å². The van der Waals surface area contributed by atoms with Gasteiger partial charge in [-0.2, -0.15) is 4.98 Å². The zero-order valence-corrected chi connectivity index (χ0v) is 12.6. The highest BCUT2D eigenvalue weighted by Gasteiger charge is 2.25. The van der Waals surface area contributed by atoms with E-state index in [2.05, 4.69) is 47.6 Å². The van der Waals surface area contributed by atoms with Gasteiger partial charge in [0.15, 0.2) is 5.82 Å². The predicted octanol–water partition coefficient (Wildman–Crippen LogP) is 2.28. The number of piperazine rings is 1. The minimum absolute atomic E-state index is 0.226. The summed E-state index contributed by atoms with van der Waals surface area (Å²) in [6, 6.07) is 0.226. The molecule has 0 saturated carbocycles. The molecule has 1 saturated heterocycles. The Balaban J connectivity index is 1.91. The molecule has 0 radical (unpaired) electrons. The maximum Gasteiger partial charge on any atom is 0.243 e. The standard InChI is InChI=1S/C14H26N4O/c1-5-6-17-7-9-18(10-8-17)12(4)14-15-13(11(2)3)16-19-14/h11-12H,5-10H2,1-4H3/t12-/m0/s1. The number of nitrogens with zero attached hydrogens (tertiary/aromatic N) is 4. The van der Waals surface area contributed by atoms with E-state index >= 15 is 0 Å². The molecule has 1 atom stereocenters. The topological polar surface area (TPSA) is 45.4 Å². The maximum atomic E-state index is 5.40. The molecule has 0 unspecified atom stereocenters. The van der Waals surface area contributed by atoms with Crippen molar-refractivity contribution in [3.63, 3.8) is 0 Å². The number of rotatable bonds is 5. The van der Waals surface area contributed by atoms with E-state index in [0.29, 0.717) is 5.92 Å². The molecule has 2 heterocycles. The first-order valence-corrected chi connectivity index (χ1v) is 7.41. The monoisotopic (exact) mass is 266 g/mol. The van der Waals surface area contributed by atoms with Crippen LogP contribution in [-0.2, 0) is 0 Å². The van der Waals surface area contributed by atoms with E-state index in [0.717, 1.165) is 37.9 Å². The summed E-state index contributed by atoms with van der Waals surface area (Å²) in [5.41, 5.74) is 0. The Kier molecular flexibility index (Phi) is 4.93. The summed E-state index contributed by atoms with van der Waals surface area (Å²) >= 11 is 0. The highest BCUT2D eigenvalue weighted by molar-refractivity contribution is 4.96. The highest BCUT2D eigenvalue weighted by atomic mass is 16.5. The lowest BCUT2D eigenvalue weighted by atomic mass is 10.2. The van der Waals surface area contributed by atoms with E-state index in [1.165, 1.54) is 13.0 Å². The molecule has 2 rings (SSSR count). The van der Waals surface area contributed by atoms with Crippen molar-refractivity contribution < 1.29 is 4.52 Å². The Bertz CT molecular complexity index is 383. The van der Waals surface area contributed by atoms with Crippen LogP contribution in [0.4, 0.5) is 0 Å². The molecule has 5 nitrogen and oxygen atoms in total. The zero-order valence-electron chi connectivity index (χ0n) is 12.6. The molecule has 19 heavy (non-hydrogen) atoms. The van der Waals surface area contributed by atoms with Gasteiger partial charge >= 0.3 is 0 Å². The Morgan fingerprint density at radius 3 is 2.37 bits per heavy atom. The van der Waals surface area contributed by atoms with Crippen LogP contribution in [0.3, 0.4) is 0 Å². The van der Waals surface area contributed by atoms with E-state index in [4.69, 9.17) is 4.52 Å². The summed E-state index contributed by atoms with van der Waals surface area (Å²) in [6.45, 7) is 14.2. The van der Waals surface area contributed by atoms with Gasteiger partial charge in [0.25, 0.3) is 0 Å². The Hall–Kier alpha value is -0.940. The largest absolute Gasteiger partial charge is 0.338 e. The molecule has 1 aliphatic rings. The summed E-state index contributed by atoms with van der Waals surface area (Å²) in [6.07, 6.45) is 1.23. The summed E-state index contributed by atoms with van der Waals surface area (Å²) in [5.74, 6) is 1.89. The molecule has 0 N–H and O–H groups in total. The molecular formula is C14H26N4O. The van der Waals surface area contributed by atoms with Crippen molar-refractivity contribution in [2.45, 2.75) is 46.1 Å². The molecule has 1 fully saturated rings. The van der Waals surface area contributed by atoms with Gasteiger partial charge in [-0.25, -0.2) is 0 Å². The third kappa shape index (κ3) is 3.54. The van der Waals surface area contributed by atoms with Crippen LogP contribution in [-0.4, -0.2) is 52.7 Å². The first-order valence-electron chi connectivity index (χ1n) is 7.41. The van der Waals surface area contributed by atoms with Crippen molar-refractivity contribution in [1.82, 2.24) is 19.9 Å². The maximum absolute atomic E-state index is 5.40. The van der Waals surface area contributed by atoms with Crippen molar-refractivity contribution >= 4 is 0 Å². The smallest absolute Gasteiger partial charge is 0.243 e. The lowest BCUT2D eigenvalue weighted by Gasteiger charge is -2.36. The summed E-state index contributed by atoms with van der Waals surface area (Å²) < 4.78 is 5.40. The second kappa shape index (κ2) is 6.48. The highest BCUT2D eigenvalue weighted by Crippen LogP contribution is 2.21. The van der Waals surface area contributed by atoms with Gasteiger partial charge in [-0.1, -0.05) is 25.9 Å². The molecule has 0 amide bonds. The molecule has 108 valence electrons. The first kappa shape index (κ1) is 14.5. The molecule has 0 spiro atoms. The SMILES string of the molecule is CCCN1CCN([C@@H](C)c2nc(C(C)C)no2)CC1. The fourth-order valence-electron chi connectivity index (χ4n) is 2.50. The third-order valence-electron chi connectivity index (χ3n) is 3.83. The van der Waals surface area contributed by atoms with Crippen LogP contribution in [0.1, 0.15) is 57.8 Å². The van der Waals surface area contributed by atoms with Gasteiger partial charge in [-0.05, 0) is 19.9 Å². The van der Waals surface area contributed by atoms with Crippen molar-refractivity contribution in [3.8, 4) is 0 Å². The molecule has 1 aromatic rings. The van der Waals surface area contributed by atoms with Gasteiger partial charge in [-0.15, -0.1) is 0 Å². The summed E-state index contributed by atoms with van der Waals surface area (Å²) in [7, 11) is 0. The van der Waals surface area contributed by atoms with Crippen LogP contribution < -0.4 is 0 Å². The fraction of sp³-hybridized carbons (Fsp3) is 0.857. The van der Waals surface area contributed by atoms with E-state index in [1.54, 1.807) is 0 Å². The van der Waals surface area contributed by atoms with E-state index < -0.39 is 0 Å². The van der Waals surface area contributed by atoms with Gasteiger partial charge in [-0.3, -0.25) is 4.90 Å². The second-order valence-electron chi connectivity index (χ2n) is 5.70. The van der Waals surface area contributed by atoms with Gasteiger partial charge in [0.2, 0.25) is 5.89 Å². The number of hydrogen-bond acceptors (Lipinski definition) is 5. The number of hydrogen-bond donors (Lipinski definition) is 0. The van der Waals surface area contributed by atoms with Crippen LogP contribution in [0, 0.1) is 0 Å².